The number of aliphatic carboxylic acids is 1. The van der Waals surface area contributed by atoms with Gasteiger partial charge in [-0.3, -0.25) is 4.79 Å². The molecule has 2 aromatic carbocycles. The van der Waals surface area contributed by atoms with E-state index in [1.807, 2.05) is 50.2 Å². The topological polar surface area (TPSA) is 72.6 Å². The quantitative estimate of drug-likeness (QED) is 0.272. The van der Waals surface area contributed by atoms with E-state index in [-0.39, 0.29) is 11.8 Å². The molecular formula is C29H29NO4S. The molecule has 0 radical (unpaired) electrons. The maximum atomic E-state index is 11.9. The molecule has 4 aromatic rings. The zero-order valence-electron chi connectivity index (χ0n) is 20.0. The predicted molar refractivity (Wildman–Crippen MR) is 138 cm³/mol. The summed E-state index contributed by atoms with van der Waals surface area (Å²) in [4.78, 5) is 17.7. The van der Waals surface area contributed by atoms with Gasteiger partial charge in [-0.25, -0.2) is 4.98 Å². The van der Waals surface area contributed by atoms with Crippen LogP contribution in [0.3, 0.4) is 0 Å². The lowest BCUT2D eigenvalue weighted by atomic mass is 9.85. The Hall–Kier alpha value is -3.38. The number of ether oxygens (including phenoxy) is 1. The van der Waals surface area contributed by atoms with Gasteiger partial charge >= 0.3 is 5.97 Å². The third-order valence-corrected chi connectivity index (χ3v) is 7.81. The van der Waals surface area contributed by atoms with E-state index in [9.17, 15) is 9.90 Å². The van der Waals surface area contributed by atoms with Gasteiger partial charge in [-0.2, -0.15) is 0 Å². The molecule has 0 fully saturated rings. The maximum Gasteiger partial charge on any atom is 0.307 e. The normalized spacial score (nSPS) is 15.7. The minimum atomic E-state index is -0.707. The number of carboxylic acids is 1. The number of nitrogens with zero attached hydrogens (tertiary/aromatic N) is 1. The molecule has 0 aliphatic heterocycles. The van der Waals surface area contributed by atoms with Crippen LogP contribution < -0.4 is 4.74 Å². The Labute approximate surface area is 209 Å². The van der Waals surface area contributed by atoms with Crippen LogP contribution in [0.5, 0.6) is 5.75 Å². The van der Waals surface area contributed by atoms with E-state index in [1.165, 1.54) is 5.56 Å². The van der Waals surface area contributed by atoms with Crippen molar-refractivity contribution in [1.29, 1.82) is 0 Å². The van der Waals surface area contributed by atoms with E-state index in [1.54, 1.807) is 11.3 Å². The fraction of sp³-hybridized carbons (Fsp3) is 0.310. The molecule has 0 bridgehead atoms. The largest absolute Gasteiger partial charge is 0.492 e. The van der Waals surface area contributed by atoms with Crippen LogP contribution in [0, 0.1) is 12.8 Å². The molecule has 0 amide bonds. The van der Waals surface area contributed by atoms with E-state index in [4.69, 9.17) is 14.1 Å². The lowest BCUT2D eigenvalue weighted by Gasteiger charge is -2.20. The van der Waals surface area contributed by atoms with Crippen LogP contribution in [-0.4, -0.2) is 22.7 Å². The van der Waals surface area contributed by atoms with E-state index < -0.39 is 5.97 Å². The summed E-state index contributed by atoms with van der Waals surface area (Å²) in [7, 11) is 0. The molecule has 2 aromatic heterocycles. The SMILES string of the molecule is CCC(C(=O)O)C1CCc2cc(OCCc3nc(-c4ccccc4)oc3C)c(-c3cccs3)cc21. The van der Waals surface area contributed by atoms with Gasteiger partial charge < -0.3 is 14.3 Å². The third-order valence-electron chi connectivity index (χ3n) is 6.90. The summed E-state index contributed by atoms with van der Waals surface area (Å²) >= 11 is 1.67. The summed E-state index contributed by atoms with van der Waals surface area (Å²) in [6.45, 7) is 4.38. The van der Waals surface area contributed by atoms with Gasteiger partial charge in [-0.05, 0) is 78.9 Å². The van der Waals surface area contributed by atoms with Crippen LogP contribution in [0.1, 0.15) is 48.3 Å². The molecule has 2 heterocycles. The highest BCUT2D eigenvalue weighted by Crippen LogP contribution is 2.45. The van der Waals surface area contributed by atoms with Gasteiger partial charge in [0.1, 0.15) is 11.5 Å². The first kappa shape index (κ1) is 23.4. The first-order valence-electron chi connectivity index (χ1n) is 12.1. The number of oxazole rings is 1. The maximum absolute atomic E-state index is 11.9. The zero-order valence-corrected chi connectivity index (χ0v) is 20.8. The van der Waals surface area contributed by atoms with Crippen molar-refractivity contribution >= 4 is 17.3 Å². The van der Waals surface area contributed by atoms with Crippen LogP contribution in [0.2, 0.25) is 0 Å². The fourth-order valence-electron chi connectivity index (χ4n) is 5.08. The zero-order chi connectivity index (χ0) is 24.4. The van der Waals surface area contributed by atoms with Gasteiger partial charge in [0.2, 0.25) is 5.89 Å². The van der Waals surface area contributed by atoms with Crippen molar-refractivity contribution in [1.82, 2.24) is 4.98 Å². The van der Waals surface area contributed by atoms with Crippen LogP contribution in [-0.2, 0) is 17.6 Å². The molecule has 6 heteroatoms. The number of thiophene rings is 1. The molecule has 0 saturated carbocycles. The summed E-state index contributed by atoms with van der Waals surface area (Å²) in [5, 5.41) is 11.8. The molecule has 180 valence electrons. The first-order valence-corrected chi connectivity index (χ1v) is 13.0. The van der Waals surface area contributed by atoms with Gasteiger partial charge in [0.25, 0.3) is 0 Å². The number of hydrogen-bond donors (Lipinski definition) is 1. The number of fused-ring (bicyclic) bond motifs is 1. The van der Waals surface area contributed by atoms with Gasteiger partial charge in [0.15, 0.2) is 0 Å². The summed E-state index contributed by atoms with van der Waals surface area (Å²) in [5.41, 5.74) is 5.26. The Morgan fingerprint density at radius 3 is 2.77 bits per heavy atom. The molecular weight excluding hydrogens is 458 g/mol. The summed E-state index contributed by atoms with van der Waals surface area (Å²) in [6.07, 6.45) is 3.03. The number of aromatic nitrogens is 1. The Morgan fingerprint density at radius 2 is 2.06 bits per heavy atom. The highest BCUT2D eigenvalue weighted by Gasteiger charge is 2.34. The van der Waals surface area contributed by atoms with Crippen LogP contribution in [0.15, 0.2) is 64.4 Å². The van der Waals surface area contributed by atoms with Gasteiger partial charge in [-0.1, -0.05) is 31.2 Å². The minimum absolute atomic E-state index is 0.0504. The van der Waals surface area contributed by atoms with Gasteiger partial charge in [-0.15, -0.1) is 11.3 Å². The Morgan fingerprint density at radius 1 is 1.23 bits per heavy atom. The Bertz CT molecular complexity index is 1310. The Balaban J connectivity index is 1.38. The van der Waals surface area contributed by atoms with E-state index in [0.29, 0.717) is 25.3 Å². The van der Waals surface area contributed by atoms with Crippen molar-refractivity contribution in [3.63, 3.8) is 0 Å². The second-order valence-electron chi connectivity index (χ2n) is 9.01. The van der Waals surface area contributed by atoms with Crippen molar-refractivity contribution in [3.8, 4) is 27.6 Å². The molecule has 1 N–H and O–H groups in total. The molecule has 1 aliphatic carbocycles. The summed E-state index contributed by atoms with van der Waals surface area (Å²) in [6, 6.07) is 18.3. The van der Waals surface area contributed by atoms with Crippen molar-refractivity contribution in [2.24, 2.45) is 5.92 Å². The standard InChI is InChI=1S/C29H29NO4S/c1-3-21(29(31)32)22-12-11-20-16-26(24(17-23(20)22)27-10-7-15-35-27)33-14-13-25-18(2)34-28(30-25)19-8-5-4-6-9-19/h4-10,15-17,21-22H,3,11-14H2,1-2H3,(H,31,32). The highest BCUT2D eigenvalue weighted by molar-refractivity contribution is 7.13. The van der Waals surface area contributed by atoms with E-state index in [2.05, 4.69) is 23.6 Å². The molecule has 2 unspecified atom stereocenters. The van der Waals surface area contributed by atoms with Crippen LogP contribution >= 0.6 is 11.3 Å². The molecule has 1 aliphatic rings. The lowest BCUT2D eigenvalue weighted by molar-refractivity contribution is -0.142. The number of carbonyl (C=O) groups is 1. The molecule has 5 nitrogen and oxygen atoms in total. The minimum Gasteiger partial charge on any atom is -0.492 e. The van der Waals surface area contributed by atoms with E-state index in [0.717, 1.165) is 51.6 Å². The number of carboxylic acid groups (broad SMARTS) is 1. The molecule has 0 spiro atoms. The van der Waals surface area contributed by atoms with Crippen molar-refractivity contribution in [2.75, 3.05) is 6.61 Å². The third kappa shape index (κ3) is 4.76. The summed E-state index contributed by atoms with van der Waals surface area (Å²) in [5.74, 6) is 1.27. The number of benzene rings is 2. The van der Waals surface area contributed by atoms with Crippen LogP contribution in [0.25, 0.3) is 21.9 Å². The van der Waals surface area contributed by atoms with E-state index >= 15 is 0 Å². The lowest BCUT2D eigenvalue weighted by Crippen LogP contribution is -2.19. The average molecular weight is 488 g/mol. The first-order chi connectivity index (χ1) is 17.0. The van der Waals surface area contributed by atoms with Crippen LogP contribution in [0.4, 0.5) is 0 Å². The predicted octanol–water partition coefficient (Wildman–Crippen LogP) is 7.14. The molecule has 5 rings (SSSR count). The number of aryl methyl sites for hydroxylation is 2. The molecule has 2 atom stereocenters. The van der Waals surface area contributed by atoms with Crippen molar-refractivity contribution < 1.29 is 19.1 Å². The van der Waals surface area contributed by atoms with Crippen molar-refractivity contribution in [2.45, 2.75) is 45.4 Å². The summed E-state index contributed by atoms with van der Waals surface area (Å²) < 4.78 is 12.2. The van der Waals surface area contributed by atoms with Gasteiger partial charge in [0.05, 0.1) is 18.2 Å². The number of hydrogen-bond acceptors (Lipinski definition) is 5. The molecule has 35 heavy (non-hydrogen) atoms. The second-order valence-corrected chi connectivity index (χ2v) is 9.96. The second kappa shape index (κ2) is 10.1. The van der Waals surface area contributed by atoms with Gasteiger partial charge in [0, 0.05) is 22.4 Å². The Kier molecular flexibility index (Phi) is 6.73. The molecule has 0 saturated heterocycles. The smallest absolute Gasteiger partial charge is 0.307 e. The fourth-order valence-corrected chi connectivity index (χ4v) is 5.83. The average Bonchev–Trinajstić information content (AvgIpc) is 3.61. The number of rotatable bonds is 9. The highest BCUT2D eigenvalue weighted by atomic mass is 32.1. The monoisotopic (exact) mass is 487 g/mol. The van der Waals surface area contributed by atoms with Crippen molar-refractivity contribution in [3.05, 3.63) is 82.6 Å².